The first-order valence-corrected chi connectivity index (χ1v) is 12.5. The van der Waals surface area contributed by atoms with Crippen LogP contribution in [0.15, 0.2) is 65.1 Å². The van der Waals surface area contributed by atoms with E-state index in [9.17, 15) is 4.79 Å². The van der Waals surface area contributed by atoms with Crippen LogP contribution in [0.2, 0.25) is 0 Å². The van der Waals surface area contributed by atoms with Crippen LogP contribution < -0.4 is 9.64 Å². The first kappa shape index (κ1) is 21.4. The molecule has 0 fully saturated rings. The quantitative estimate of drug-likeness (QED) is 0.342. The Morgan fingerprint density at radius 2 is 1.97 bits per heavy atom. The molecule has 6 rings (SSSR count). The fourth-order valence-electron chi connectivity index (χ4n) is 5.90. The summed E-state index contributed by atoms with van der Waals surface area (Å²) < 4.78 is 9.00. The van der Waals surface area contributed by atoms with Gasteiger partial charge in [-0.15, -0.1) is 0 Å². The van der Waals surface area contributed by atoms with Crippen molar-refractivity contribution in [2.75, 3.05) is 18.6 Å². The van der Waals surface area contributed by atoms with E-state index < -0.39 is 0 Å². The first-order valence-electron chi connectivity index (χ1n) is 11.7. The molecule has 1 aliphatic heterocycles. The van der Waals surface area contributed by atoms with E-state index in [0.717, 1.165) is 39.2 Å². The molecule has 2 aliphatic rings. The zero-order valence-corrected chi connectivity index (χ0v) is 20.9. The Morgan fingerprint density at radius 1 is 1.12 bits per heavy atom. The standard InChI is InChI=1S/C28H26BrN3O2/c1-17-30-23-7-3-4-8-24(23)31(17)13-12-26(33)32-16-19-14-18-10-11-20(29)15-22(18)27(19)21-6-5-9-25(34-2)28(21)32/h3-11,15,19,27H,12-14,16H2,1-2H3/t19-,27-/m0/s1. The molecule has 0 spiro atoms. The Morgan fingerprint density at radius 3 is 2.82 bits per heavy atom. The van der Waals surface area contributed by atoms with Gasteiger partial charge in [0.2, 0.25) is 5.91 Å². The molecule has 0 radical (unpaired) electrons. The maximum absolute atomic E-state index is 13.7. The molecule has 6 heteroatoms. The summed E-state index contributed by atoms with van der Waals surface area (Å²) in [5.74, 6) is 2.46. The van der Waals surface area contributed by atoms with Crippen molar-refractivity contribution in [3.8, 4) is 5.75 Å². The summed E-state index contributed by atoms with van der Waals surface area (Å²) in [6, 6.07) is 20.8. The van der Waals surface area contributed by atoms with Crippen LogP contribution in [-0.2, 0) is 17.8 Å². The maximum Gasteiger partial charge on any atom is 0.228 e. The molecular formula is C28H26BrN3O2. The summed E-state index contributed by atoms with van der Waals surface area (Å²) in [5.41, 5.74) is 6.89. The number of ether oxygens (including phenoxy) is 1. The van der Waals surface area contributed by atoms with Gasteiger partial charge in [0.05, 0.1) is 23.8 Å². The molecule has 172 valence electrons. The number of fused-ring (bicyclic) bond motifs is 6. The van der Waals surface area contributed by atoms with Crippen LogP contribution in [0, 0.1) is 12.8 Å². The van der Waals surface area contributed by atoms with Gasteiger partial charge in [-0.05, 0) is 66.3 Å². The number of hydrogen-bond acceptors (Lipinski definition) is 3. The zero-order chi connectivity index (χ0) is 23.4. The van der Waals surface area contributed by atoms with Gasteiger partial charge in [0.1, 0.15) is 11.6 Å². The van der Waals surface area contributed by atoms with Crippen LogP contribution in [0.4, 0.5) is 5.69 Å². The molecule has 1 aromatic heterocycles. The second-order valence-corrected chi connectivity index (χ2v) is 10.2. The van der Waals surface area contributed by atoms with Gasteiger partial charge in [0.15, 0.2) is 0 Å². The number of methoxy groups -OCH3 is 1. The van der Waals surface area contributed by atoms with Crippen molar-refractivity contribution in [1.29, 1.82) is 0 Å². The average molecular weight is 516 g/mol. The molecule has 0 saturated heterocycles. The number of hydrogen-bond donors (Lipinski definition) is 0. The Kier molecular flexibility index (Phi) is 5.21. The number of benzene rings is 3. The van der Waals surface area contributed by atoms with E-state index in [1.165, 1.54) is 16.7 Å². The number of para-hydroxylation sites is 3. The van der Waals surface area contributed by atoms with E-state index in [4.69, 9.17) is 4.74 Å². The number of carbonyl (C=O) groups excluding carboxylic acids is 1. The predicted octanol–water partition coefficient (Wildman–Crippen LogP) is 5.86. The largest absolute Gasteiger partial charge is 0.495 e. The number of nitrogens with zero attached hydrogens (tertiary/aromatic N) is 3. The van der Waals surface area contributed by atoms with E-state index in [1.807, 2.05) is 42.2 Å². The third kappa shape index (κ3) is 3.35. The molecule has 2 heterocycles. The summed E-state index contributed by atoms with van der Waals surface area (Å²) >= 11 is 3.65. The summed E-state index contributed by atoms with van der Waals surface area (Å²) in [5, 5.41) is 0. The molecule has 5 nitrogen and oxygen atoms in total. The van der Waals surface area contributed by atoms with Crippen molar-refractivity contribution >= 4 is 38.6 Å². The minimum atomic E-state index is 0.124. The first-order chi connectivity index (χ1) is 16.5. The fraction of sp³-hybridized carbons (Fsp3) is 0.286. The number of aryl methyl sites for hydroxylation is 2. The van der Waals surface area contributed by atoms with Gasteiger partial charge in [-0.2, -0.15) is 0 Å². The third-order valence-corrected chi connectivity index (χ3v) is 7.86. The van der Waals surface area contributed by atoms with Gasteiger partial charge in [0.25, 0.3) is 0 Å². The molecule has 0 saturated carbocycles. The molecule has 2 atom stereocenters. The molecule has 4 aromatic rings. The number of halogens is 1. The highest BCUT2D eigenvalue weighted by Gasteiger charge is 2.42. The minimum Gasteiger partial charge on any atom is -0.495 e. The Labute approximate surface area is 207 Å². The predicted molar refractivity (Wildman–Crippen MR) is 138 cm³/mol. The summed E-state index contributed by atoms with van der Waals surface area (Å²) in [6.07, 6.45) is 1.40. The summed E-state index contributed by atoms with van der Waals surface area (Å²) in [4.78, 5) is 20.3. The van der Waals surface area contributed by atoms with E-state index in [1.54, 1.807) is 7.11 Å². The van der Waals surface area contributed by atoms with Gasteiger partial charge in [0, 0.05) is 29.9 Å². The van der Waals surface area contributed by atoms with Gasteiger partial charge in [-0.25, -0.2) is 4.98 Å². The van der Waals surface area contributed by atoms with Gasteiger partial charge in [-0.3, -0.25) is 4.79 Å². The lowest BCUT2D eigenvalue weighted by atomic mass is 9.81. The molecule has 0 bridgehead atoms. The number of amides is 1. The van der Waals surface area contributed by atoms with Gasteiger partial charge in [-0.1, -0.05) is 46.3 Å². The Bertz CT molecular complexity index is 1430. The van der Waals surface area contributed by atoms with Crippen molar-refractivity contribution in [3.05, 3.63) is 87.7 Å². The number of rotatable bonds is 4. The number of imidazole rings is 1. The maximum atomic E-state index is 13.7. The van der Waals surface area contributed by atoms with Crippen molar-refractivity contribution in [3.63, 3.8) is 0 Å². The molecule has 1 aliphatic carbocycles. The topological polar surface area (TPSA) is 47.4 Å². The highest BCUT2D eigenvalue weighted by atomic mass is 79.9. The SMILES string of the molecule is COc1cccc2c1N(C(=O)CCn1c(C)nc3ccccc31)C[C@@H]1Cc3ccc(Br)cc3[C@H]21. The highest BCUT2D eigenvalue weighted by Crippen LogP contribution is 2.52. The normalized spacial score (nSPS) is 18.5. The van der Waals surface area contributed by atoms with E-state index in [-0.39, 0.29) is 11.8 Å². The number of anilines is 1. The van der Waals surface area contributed by atoms with Crippen molar-refractivity contribution in [2.24, 2.45) is 5.92 Å². The van der Waals surface area contributed by atoms with Crippen LogP contribution in [0.1, 0.15) is 34.9 Å². The summed E-state index contributed by atoms with van der Waals surface area (Å²) in [7, 11) is 1.69. The zero-order valence-electron chi connectivity index (χ0n) is 19.3. The molecule has 3 aromatic carbocycles. The lowest BCUT2D eigenvalue weighted by Gasteiger charge is -2.38. The van der Waals surface area contributed by atoms with Gasteiger partial charge < -0.3 is 14.2 Å². The third-order valence-electron chi connectivity index (χ3n) is 7.36. The van der Waals surface area contributed by atoms with Crippen LogP contribution in [0.25, 0.3) is 11.0 Å². The van der Waals surface area contributed by atoms with Crippen LogP contribution >= 0.6 is 15.9 Å². The average Bonchev–Trinajstić information content (AvgIpc) is 3.37. The second-order valence-electron chi connectivity index (χ2n) is 9.24. The molecule has 34 heavy (non-hydrogen) atoms. The summed E-state index contributed by atoms with van der Waals surface area (Å²) in [6.45, 7) is 3.31. The second kappa shape index (κ2) is 8.27. The van der Waals surface area contributed by atoms with E-state index in [0.29, 0.717) is 25.4 Å². The number of aromatic nitrogens is 2. The molecular weight excluding hydrogens is 490 g/mol. The van der Waals surface area contributed by atoms with Crippen molar-refractivity contribution in [2.45, 2.75) is 32.2 Å². The van der Waals surface area contributed by atoms with E-state index in [2.05, 4.69) is 55.8 Å². The minimum absolute atomic E-state index is 0.124. The molecule has 0 unspecified atom stereocenters. The monoisotopic (exact) mass is 515 g/mol. The Balaban J connectivity index is 1.35. The van der Waals surface area contributed by atoms with Crippen molar-refractivity contribution in [1.82, 2.24) is 9.55 Å². The lowest BCUT2D eigenvalue weighted by molar-refractivity contribution is -0.119. The van der Waals surface area contributed by atoms with E-state index >= 15 is 0 Å². The van der Waals surface area contributed by atoms with Crippen molar-refractivity contribution < 1.29 is 9.53 Å². The van der Waals surface area contributed by atoms with Crippen LogP contribution in [-0.4, -0.2) is 29.1 Å². The lowest BCUT2D eigenvalue weighted by Crippen LogP contribution is -2.41. The molecule has 0 N–H and O–H groups in total. The fourth-order valence-corrected chi connectivity index (χ4v) is 6.28. The molecule has 1 amide bonds. The van der Waals surface area contributed by atoms with Crippen LogP contribution in [0.5, 0.6) is 5.75 Å². The highest BCUT2D eigenvalue weighted by molar-refractivity contribution is 9.10. The van der Waals surface area contributed by atoms with Crippen LogP contribution in [0.3, 0.4) is 0 Å². The smallest absolute Gasteiger partial charge is 0.228 e. The number of carbonyl (C=O) groups is 1. The van der Waals surface area contributed by atoms with Gasteiger partial charge >= 0.3 is 0 Å². The Hall–Kier alpha value is -3.12.